The Morgan fingerprint density at radius 3 is 2.89 bits per heavy atom. The zero-order valence-corrected chi connectivity index (χ0v) is 16.1. The van der Waals surface area contributed by atoms with E-state index in [1.54, 1.807) is 6.33 Å². The van der Waals surface area contributed by atoms with Gasteiger partial charge in [0.05, 0.1) is 16.9 Å². The lowest BCUT2D eigenvalue weighted by atomic mass is 10.1. The first kappa shape index (κ1) is 17.2. The Labute approximate surface area is 167 Å². The molecule has 0 aliphatic carbocycles. The predicted molar refractivity (Wildman–Crippen MR) is 112 cm³/mol. The summed E-state index contributed by atoms with van der Waals surface area (Å²) in [5.41, 5.74) is 3.44. The molecule has 28 heavy (non-hydrogen) atoms. The van der Waals surface area contributed by atoms with Gasteiger partial charge in [0.25, 0.3) is 0 Å². The average Bonchev–Trinajstić information content (AvgIpc) is 3.22. The topological polar surface area (TPSA) is 82.6 Å². The van der Waals surface area contributed by atoms with E-state index in [0.717, 1.165) is 46.7 Å². The molecule has 1 fully saturated rings. The van der Waals surface area contributed by atoms with E-state index in [1.807, 2.05) is 12.1 Å². The molecule has 1 aromatic carbocycles. The number of piperidine rings is 1. The maximum absolute atomic E-state index is 6.42. The summed E-state index contributed by atoms with van der Waals surface area (Å²) < 4.78 is 0. The second kappa shape index (κ2) is 7.24. The van der Waals surface area contributed by atoms with Gasteiger partial charge < -0.3 is 15.2 Å². The zero-order chi connectivity index (χ0) is 18.9. The molecule has 0 spiro atoms. The number of para-hydroxylation sites is 1. The number of halogens is 1. The number of fused-ring (bicyclic) bond motifs is 2. The van der Waals surface area contributed by atoms with Crippen LogP contribution in [0, 0.1) is 0 Å². The second-order valence-corrected chi connectivity index (χ2v) is 7.41. The third kappa shape index (κ3) is 3.11. The summed E-state index contributed by atoms with van der Waals surface area (Å²) >= 11 is 6.42. The number of aromatic amines is 1. The molecule has 4 heterocycles. The van der Waals surface area contributed by atoms with Crippen molar-refractivity contribution >= 4 is 45.3 Å². The number of pyridine rings is 1. The minimum atomic E-state index is 0.604. The average molecular weight is 394 g/mol. The van der Waals surface area contributed by atoms with Gasteiger partial charge in [-0.05, 0) is 31.4 Å². The molecule has 2 N–H and O–H groups in total. The molecule has 0 unspecified atom stereocenters. The van der Waals surface area contributed by atoms with Crippen molar-refractivity contribution in [2.45, 2.75) is 25.8 Å². The van der Waals surface area contributed by atoms with Gasteiger partial charge in [0.2, 0.25) is 0 Å². The number of hydrogen-bond donors (Lipinski definition) is 2. The molecular weight excluding hydrogens is 374 g/mol. The minimum Gasteiger partial charge on any atom is -0.364 e. The number of aromatic nitrogens is 5. The van der Waals surface area contributed by atoms with E-state index in [-0.39, 0.29) is 0 Å². The predicted octanol–water partition coefficient (Wildman–Crippen LogP) is 4.16. The highest BCUT2D eigenvalue weighted by Gasteiger charge is 2.18. The molecule has 4 aromatic rings. The fourth-order valence-electron chi connectivity index (χ4n) is 3.78. The highest BCUT2D eigenvalue weighted by Crippen LogP contribution is 2.30. The Bertz CT molecular complexity index is 1130. The van der Waals surface area contributed by atoms with Crippen LogP contribution in [-0.2, 0) is 6.54 Å². The van der Waals surface area contributed by atoms with E-state index in [2.05, 4.69) is 42.3 Å². The second-order valence-electron chi connectivity index (χ2n) is 7.01. The lowest BCUT2D eigenvalue weighted by Gasteiger charge is -2.30. The van der Waals surface area contributed by atoms with Crippen LogP contribution < -0.4 is 10.2 Å². The number of hydrogen-bond acceptors (Lipinski definition) is 6. The first-order valence-electron chi connectivity index (χ1n) is 9.50. The van der Waals surface area contributed by atoms with Crippen molar-refractivity contribution in [3.63, 3.8) is 0 Å². The number of nitrogens with one attached hydrogen (secondary N) is 2. The van der Waals surface area contributed by atoms with E-state index in [1.165, 1.54) is 25.6 Å². The van der Waals surface area contributed by atoms with Gasteiger partial charge in [0.1, 0.15) is 17.7 Å². The van der Waals surface area contributed by atoms with Crippen molar-refractivity contribution in [1.82, 2.24) is 24.9 Å². The van der Waals surface area contributed by atoms with Crippen LogP contribution in [0.5, 0.6) is 0 Å². The van der Waals surface area contributed by atoms with E-state index >= 15 is 0 Å². The first-order valence-corrected chi connectivity index (χ1v) is 9.88. The largest absolute Gasteiger partial charge is 0.364 e. The maximum Gasteiger partial charge on any atom is 0.182 e. The molecule has 1 saturated heterocycles. The SMILES string of the molecule is Clc1cccc2cc(CNc3ncnc4nc[nH]c34)c(N3CCCCC3)nc12. The Morgan fingerprint density at radius 2 is 2.00 bits per heavy atom. The van der Waals surface area contributed by atoms with Gasteiger partial charge >= 0.3 is 0 Å². The number of rotatable bonds is 4. The fourth-order valence-corrected chi connectivity index (χ4v) is 4.01. The van der Waals surface area contributed by atoms with Crippen LogP contribution in [-0.4, -0.2) is 38.0 Å². The van der Waals surface area contributed by atoms with Crippen molar-refractivity contribution in [2.24, 2.45) is 0 Å². The molecule has 8 heteroatoms. The number of imidazole rings is 1. The Morgan fingerprint density at radius 1 is 1.11 bits per heavy atom. The normalized spacial score (nSPS) is 14.7. The van der Waals surface area contributed by atoms with Crippen molar-refractivity contribution in [3.05, 3.63) is 47.5 Å². The monoisotopic (exact) mass is 393 g/mol. The summed E-state index contributed by atoms with van der Waals surface area (Å²) in [5, 5.41) is 5.15. The van der Waals surface area contributed by atoms with Gasteiger partial charge in [-0.3, -0.25) is 0 Å². The molecule has 0 radical (unpaired) electrons. The Balaban J connectivity index is 1.54. The lowest BCUT2D eigenvalue weighted by molar-refractivity contribution is 0.572. The van der Waals surface area contributed by atoms with Gasteiger partial charge in [-0.1, -0.05) is 23.7 Å². The standard InChI is InChI=1S/C20H20ClN7/c21-15-6-4-5-13-9-14(20(27-16(13)15)28-7-2-1-3-8-28)10-22-18-17-19(24-11-23-17)26-12-25-18/h4-6,9,11-12H,1-3,7-8,10H2,(H2,22,23,24,25,26). The van der Waals surface area contributed by atoms with Crippen LogP contribution in [0.3, 0.4) is 0 Å². The molecule has 0 bridgehead atoms. The summed E-state index contributed by atoms with van der Waals surface area (Å²) in [5.74, 6) is 1.74. The van der Waals surface area contributed by atoms with Gasteiger partial charge in [0, 0.05) is 30.6 Å². The Kier molecular flexibility index (Phi) is 4.44. The van der Waals surface area contributed by atoms with E-state index in [4.69, 9.17) is 16.6 Å². The smallest absolute Gasteiger partial charge is 0.182 e. The van der Waals surface area contributed by atoms with Crippen LogP contribution in [0.25, 0.3) is 22.1 Å². The number of benzene rings is 1. The summed E-state index contributed by atoms with van der Waals surface area (Å²) in [6.07, 6.45) is 6.81. The van der Waals surface area contributed by atoms with Crippen LogP contribution in [0.15, 0.2) is 36.9 Å². The van der Waals surface area contributed by atoms with E-state index < -0.39 is 0 Å². The summed E-state index contributed by atoms with van der Waals surface area (Å²) in [4.78, 5) is 23.2. The van der Waals surface area contributed by atoms with Crippen molar-refractivity contribution in [1.29, 1.82) is 0 Å². The highest BCUT2D eigenvalue weighted by atomic mass is 35.5. The van der Waals surface area contributed by atoms with Gasteiger partial charge in [-0.25, -0.2) is 19.9 Å². The van der Waals surface area contributed by atoms with Crippen molar-refractivity contribution in [3.8, 4) is 0 Å². The molecule has 3 aromatic heterocycles. The van der Waals surface area contributed by atoms with Crippen LogP contribution >= 0.6 is 11.6 Å². The highest BCUT2D eigenvalue weighted by molar-refractivity contribution is 6.35. The molecule has 1 aliphatic rings. The molecule has 5 rings (SSSR count). The third-order valence-electron chi connectivity index (χ3n) is 5.18. The van der Waals surface area contributed by atoms with Crippen LogP contribution in [0.4, 0.5) is 11.6 Å². The third-order valence-corrected chi connectivity index (χ3v) is 5.48. The van der Waals surface area contributed by atoms with Crippen molar-refractivity contribution in [2.75, 3.05) is 23.3 Å². The number of H-pyrrole nitrogens is 1. The lowest BCUT2D eigenvalue weighted by Crippen LogP contribution is -2.31. The van der Waals surface area contributed by atoms with Gasteiger partial charge in [-0.2, -0.15) is 0 Å². The molecule has 0 amide bonds. The quantitative estimate of drug-likeness (QED) is 0.541. The van der Waals surface area contributed by atoms with Crippen molar-refractivity contribution < 1.29 is 0 Å². The summed E-state index contributed by atoms with van der Waals surface area (Å²) in [6.45, 7) is 2.65. The van der Waals surface area contributed by atoms with Gasteiger partial charge in [-0.15, -0.1) is 0 Å². The van der Waals surface area contributed by atoms with Gasteiger partial charge in [0.15, 0.2) is 11.5 Å². The van der Waals surface area contributed by atoms with E-state index in [9.17, 15) is 0 Å². The number of nitrogens with zero attached hydrogens (tertiary/aromatic N) is 5. The molecular formula is C20H20ClN7. The fraction of sp³-hybridized carbons (Fsp3) is 0.300. The molecule has 1 aliphatic heterocycles. The molecule has 142 valence electrons. The molecule has 0 saturated carbocycles. The van der Waals surface area contributed by atoms with Crippen LogP contribution in [0.2, 0.25) is 5.02 Å². The summed E-state index contributed by atoms with van der Waals surface area (Å²) in [6, 6.07) is 8.08. The molecule has 0 atom stereocenters. The molecule has 7 nitrogen and oxygen atoms in total. The summed E-state index contributed by atoms with van der Waals surface area (Å²) in [7, 11) is 0. The minimum absolute atomic E-state index is 0.604. The number of anilines is 2. The zero-order valence-electron chi connectivity index (χ0n) is 15.3. The van der Waals surface area contributed by atoms with Crippen LogP contribution in [0.1, 0.15) is 24.8 Å². The van der Waals surface area contributed by atoms with E-state index in [0.29, 0.717) is 17.2 Å². The maximum atomic E-state index is 6.42. The Hall–Kier alpha value is -2.93. The first-order chi connectivity index (χ1) is 13.8.